The molecule has 4 rings (SSSR count). The van der Waals surface area contributed by atoms with Crippen molar-refractivity contribution in [2.45, 2.75) is 43.9 Å². The lowest BCUT2D eigenvalue weighted by atomic mass is 9.84. The second-order valence-electron chi connectivity index (χ2n) is 6.49. The molecule has 3 unspecified atom stereocenters. The zero-order valence-corrected chi connectivity index (χ0v) is 12.5. The number of carbonyl (C=O) groups excluding carboxylic acids is 1. The van der Waals surface area contributed by atoms with Crippen molar-refractivity contribution in [3.63, 3.8) is 0 Å². The van der Waals surface area contributed by atoms with Crippen molar-refractivity contribution in [3.8, 4) is 0 Å². The quantitative estimate of drug-likeness (QED) is 0.839. The Bertz CT molecular complexity index is 702. The number of ketones is 1. The van der Waals surface area contributed by atoms with E-state index in [1.807, 2.05) is 11.7 Å². The molecule has 2 aliphatic rings. The zero-order valence-electron chi connectivity index (χ0n) is 12.5. The van der Waals surface area contributed by atoms with Crippen molar-refractivity contribution < 1.29 is 4.79 Å². The van der Waals surface area contributed by atoms with Crippen LogP contribution in [0.5, 0.6) is 0 Å². The fourth-order valence-electron chi connectivity index (χ4n) is 3.83. The highest BCUT2D eigenvalue weighted by Crippen LogP contribution is 2.56. The average molecular weight is 280 g/mol. The molecule has 21 heavy (non-hydrogen) atoms. The van der Waals surface area contributed by atoms with Crippen molar-refractivity contribution in [3.05, 3.63) is 52.8 Å². The molecule has 1 saturated carbocycles. The predicted octanol–water partition coefficient (Wildman–Crippen LogP) is 3.77. The lowest BCUT2D eigenvalue weighted by molar-refractivity contribution is 0.0958. The van der Waals surface area contributed by atoms with Gasteiger partial charge < -0.3 is 0 Å². The van der Waals surface area contributed by atoms with Gasteiger partial charge in [-0.25, -0.2) is 0 Å². The average Bonchev–Trinajstić information content (AvgIpc) is 3.21. The molecule has 1 aromatic heterocycles. The number of benzene rings is 1. The van der Waals surface area contributed by atoms with Crippen molar-refractivity contribution in [2.75, 3.05) is 0 Å². The van der Waals surface area contributed by atoms with Crippen LogP contribution in [0.3, 0.4) is 0 Å². The summed E-state index contributed by atoms with van der Waals surface area (Å²) in [6, 6.07) is 10.7. The first-order valence-electron chi connectivity index (χ1n) is 7.81. The van der Waals surface area contributed by atoms with Crippen LogP contribution in [0.15, 0.2) is 30.3 Å². The van der Waals surface area contributed by atoms with Gasteiger partial charge in [0.2, 0.25) is 0 Å². The Morgan fingerprint density at radius 2 is 1.95 bits per heavy atom. The Hall–Kier alpha value is -1.90. The van der Waals surface area contributed by atoms with Gasteiger partial charge >= 0.3 is 0 Å². The highest BCUT2D eigenvalue weighted by Gasteiger charge is 2.45. The van der Waals surface area contributed by atoms with E-state index in [9.17, 15) is 4.79 Å². The van der Waals surface area contributed by atoms with Gasteiger partial charge in [0.15, 0.2) is 5.78 Å². The topological polar surface area (TPSA) is 34.9 Å². The van der Waals surface area contributed by atoms with Crippen LogP contribution in [0, 0.1) is 0 Å². The van der Waals surface area contributed by atoms with Crippen LogP contribution >= 0.6 is 0 Å². The summed E-state index contributed by atoms with van der Waals surface area (Å²) < 4.78 is 1.82. The summed E-state index contributed by atoms with van der Waals surface area (Å²) in [5, 5.41) is 4.73. The normalized spacial score (nSPS) is 27.5. The van der Waals surface area contributed by atoms with E-state index in [-0.39, 0.29) is 5.78 Å². The second kappa shape index (κ2) is 4.55. The summed E-state index contributed by atoms with van der Waals surface area (Å²) in [5.41, 5.74) is 4.68. The predicted molar refractivity (Wildman–Crippen MR) is 81.7 cm³/mol. The molecular weight excluding hydrogens is 260 g/mol. The summed E-state index contributed by atoms with van der Waals surface area (Å²) in [6.45, 7) is 2.23. The molecular formula is C18H20N2O. The van der Waals surface area contributed by atoms with Gasteiger partial charge in [-0.15, -0.1) is 0 Å². The molecule has 0 amide bonds. The summed E-state index contributed by atoms with van der Waals surface area (Å²) in [7, 11) is 1.91. The van der Waals surface area contributed by atoms with E-state index in [2.05, 4.69) is 37.3 Å². The van der Waals surface area contributed by atoms with Gasteiger partial charge in [-0.1, -0.05) is 37.3 Å². The molecule has 3 heteroatoms. The molecule has 0 bridgehead atoms. The minimum absolute atomic E-state index is 0.265. The number of aryl methyl sites for hydroxylation is 1. The van der Waals surface area contributed by atoms with Gasteiger partial charge in [-0.3, -0.25) is 9.48 Å². The van der Waals surface area contributed by atoms with E-state index < -0.39 is 0 Å². The van der Waals surface area contributed by atoms with Gasteiger partial charge in [-0.05, 0) is 30.2 Å². The summed E-state index contributed by atoms with van der Waals surface area (Å²) >= 11 is 0. The molecule has 3 nitrogen and oxygen atoms in total. The SMILES string of the molecule is CC1CCC(=O)c2c1c(C1CC1c1ccccc1)nn2C. The maximum Gasteiger partial charge on any atom is 0.181 e. The van der Waals surface area contributed by atoms with Crippen LogP contribution < -0.4 is 0 Å². The molecule has 1 heterocycles. The summed E-state index contributed by atoms with van der Waals surface area (Å²) in [5.74, 6) is 1.80. The molecule has 0 N–H and O–H groups in total. The van der Waals surface area contributed by atoms with Crippen LogP contribution in [-0.4, -0.2) is 15.6 Å². The van der Waals surface area contributed by atoms with Gasteiger partial charge in [0.05, 0.1) is 5.69 Å². The summed E-state index contributed by atoms with van der Waals surface area (Å²) in [6.07, 6.45) is 2.79. The molecule has 0 saturated heterocycles. The first-order valence-corrected chi connectivity index (χ1v) is 7.81. The van der Waals surface area contributed by atoms with Crippen molar-refractivity contribution >= 4 is 5.78 Å². The van der Waals surface area contributed by atoms with E-state index in [0.29, 0.717) is 24.2 Å². The lowest BCUT2D eigenvalue weighted by Gasteiger charge is -2.19. The highest BCUT2D eigenvalue weighted by atomic mass is 16.1. The number of fused-ring (bicyclic) bond motifs is 1. The maximum absolute atomic E-state index is 12.2. The maximum atomic E-state index is 12.2. The highest BCUT2D eigenvalue weighted by molar-refractivity contribution is 5.97. The van der Waals surface area contributed by atoms with Crippen molar-refractivity contribution in [1.82, 2.24) is 9.78 Å². The molecule has 0 radical (unpaired) electrons. The van der Waals surface area contributed by atoms with E-state index >= 15 is 0 Å². The monoisotopic (exact) mass is 280 g/mol. The smallest absolute Gasteiger partial charge is 0.181 e. The van der Waals surface area contributed by atoms with Gasteiger partial charge in [0, 0.05) is 24.9 Å². The number of hydrogen-bond acceptors (Lipinski definition) is 2. The second-order valence-corrected chi connectivity index (χ2v) is 6.49. The van der Waals surface area contributed by atoms with Crippen LogP contribution in [0.4, 0.5) is 0 Å². The van der Waals surface area contributed by atoms with Crippen LogP contribution in [0.25, 0.3) is 0 Å². The largest absolute Gasteiger partial charge is 0.292 e. The van der Waals surface area contributed by atoms with Crippen LogP contribution in [0.1, 0.15) is 71.2 Å². The fourth-order valence-corrected chi connectivity index (χ4v) is 3.83. The van der Waals surface area contributed by atoms with Gasteiger partial charge in [0.25, 0.3) is 0 Å². The first-order chi connectivity index (χ1) is 10.2. The Labute approximate surface area is 125 Å². The molecule has 1 aromatic carbocycles. The zero-order chi connectivity index (χ0) is 14.6. The Morgan fingerprint density at radius 3 is 2.71 bits per heavy atom. The number of nitrogens with zero attached hydrogens (tertiary/aromatic N) is 2. The van der Waals surface area contributed by atoms with E-state index in [0.717, 1.165) is 18.5 Å². The Kier molecular flexibility index (Phi) is 2.78. The molecule has 3 atom stereocenters. The standard InChI is InChI=1S/C18H20N2O/c1-11-8-9-15(21)18-16(11)17(19-20(18)2)14-10-13(14)12-6-4-3-5-7-12/h3-7,11,13-14H,8-10H2,1-2H3. The van der Waals surface area contributed by atoms with Crippen LogP contribution in [-0.2, 0) is 7.05 Å². The van der Waals surface area contributed by atoms with Crippen LogP contribution in [0.2, 0.25) is 0 Å². The number of hydrogen-bond donors (Lipinski definition) is 0. The molecule has 2 aliphatic carbocycles. The third-order valence-corrected chi connectivity index (χ3v) is 5.04. The first kappa shape index (κ1) is 12.8. The van der Waals surface area contributed by atoms with E-state index in [4.69, 9.17) is 5.10 Å². The Morgan fingerprint density at radius 1 is 1.19 bits per heavy atom. The van der Waals surface area contributed by atoms with E-state index in [1.54, 1.807) is 0 Å². The number of rotatable bonds is 2. The van der Waals surface area contributed by atoms with Crippen molar-refractivity contribution in [2.24, 2.45) is 7.05 Å². The third kappa shape index (κ3) is 1.95. The fraction of sp³-hybridized carbons (Fsp3) is 0.444. The Balaban J connectivity index is 1.72. The molecule has 2 aromatic rings. The number of aromatic nitrogens is 2. The third-order valence-electron chi connectivity index (χ3n) is 5.04. The number of carbonyl (C=O) groups is 1. The molecule has 1 fully saturated rings. The minimum Gasteiger partial charge on any atom is -0.292 e. The summed E-state index contributed by atoms with van der Waals surface area (Å²) in [4.78, 5) is 12.2. The number of Topliss-reactive ketones (excluding diaryl/α,β-unsaturated/α-hetero) is 1. The lowest BCUT2D eigenvalue weighted by Crippen LogP contribution is -2.16. The molecule has 108 valence electrons. The van der Waals surface area contributed by atoms with Gasteiger partial charge in [-0.2, -0.15) is 5.10 Å². The van der Waals surface area contributed by atoms with Crippen molar-refractivity contribution in [1.29, 1.82) is 0 Å². The molecule has 0 aliphatic heterocycles. The van der Waals surface area contributed by atoms with E-state index in [1.165, 1.54) is 16.8 Å². The van der Waals surface area contributed by atoms with Gasteiger partial charge in [0.1, 0.15) is 5.69 Å². The minimum atomic E-state index is 0.265. The molecule has 0 spiro atoms.